The number of hydrogen-bond donors (Lipinski definition) is 2. The maximum Gasteiger partial charge on any atom is 0.393 e. The maximum atomic E-state index is 13.7. The third kappa shape index (κ3) is 4.95. The van der Waals surface area contributed by atoms with Crippen LogP contribution in [-0.4, -0.2) is 28.5 Å². The Bertz CT molecular complexity index is 712. The second-order valence-corrected chi connectivity index (χ2v) is 6.95. The molecule has 0 saturated carbocycles. The quantitative estimate of drug-likeness (QED) is 0.584. The lowest BCUT2D eigenvalue weighted by molar-refractivity contribution is -0.220. The summed E-state index contributed by atoms with van der Waals surface area (Å²) in [6, 6.07) is 9.11. The molecule has 1 aliphatic carbocycles. The van der Waals surface area contributed by atoms with E-state index in [1.807, 2.05) is 37.3 Å². The van der Waals surface area contributed by atoms with Crippen LogP contribution in [0.15, 0.2) is 54.3 Å². The number of carbonyl (C=O) groups is 1. The van der Waals surface area contributed by atoms with Crippen LogP contribution in [0.4, 0.5) is 13.2 Å². The van der Waals surface area contributed by atoms with E-state index in [-0.39, 0.29) is 25.2 Å². The van der Waals surface area contributed by atoms with Gasteiger partial charge in [-0.15, -0.1) is 0 Å². The monoisotopic (exact) mass is 398 g/mol. The summed E-state index contributed by atoms with van der Waals surface area (Å²) < 4.78 is 46.7. The predicted octanol–water partition coefficient (Wildman–Crippen LogP) is 4.85. The molecule has 1 aliphatic rings. The van der Waals surface area contributed by atoms with E-state index in [2.05, 4.69) is 0 Å². The van der Waals surface area contributed by atoms with Gasteiger partial charge in [-0.3, -0.25) is 4.79 Å². The van der Waals surface area contributed by atoms with Crippen LogP contribution in [0.25, 0.3) is 0 Å². The second kappa shape index (κ2) is 9.28. The highest BCUT2D eigenvalue weighted by Gasteiger charge is 2.60. The Morgan fingerprint density at radius 1 is 1.25 bits per heavy atom. The number of halogens is 3. The second-order valence-electron chi connectivity index (χ2n) is 6.95. The van der Waals surface area contributed by atoms with Gasteiger partial charge < -0.3 is 14.9 Å². The molecule has 0 radical (unpaired) electrons. The van der Waals surface area contributed by atoms with Crippen molar-refractivity contribution < 1.29 is 32.9 Å². The first-order valence-electron chi connectivity index (χ1n) is 9.27. The highest BCUT2D eigenvalue weighted by Crippen LogP contribution is 2.48. The Hall–Kier alpha value is -2.28. The summed E-state index contributed by atoms with van der Waals surface area (Å²) in [6.45, 7) is 2.01. The first kappa shape index (κ1) is 22.0. The minimum atomic E-state index is -4.76. The van der Waals surface area contributed by atoms with Crippen LogP contribution in [0.1, 0.15) is 38.2 Å². The molecule has 0 saturated heterocycles. The van der Waals surface area contributed by atoms with Gasteiger partial charge in [0.05, 0.1) is 12.0 Å². The molecular formula is C21H25F3O4. The Morgan fingerprint density at radius 3 is 2.46 bits per heavy atom. The molecule has 3 unspecified atom stereocenters. The fraction of sp³-hybridized carbons (Fsp3) is 0.476. The van der Waals surface area contributed by atoms with Crippen molar-refractivity contribution in [3.63, 3.8) is 0 Å². The SMILES string of the molecule is CCCCCC(C(F)(F)F)C1(C(=O)O)C=CC(OCc2ccccc2)=CC1O. The summed E-state index contributed by atoms with van der Waals surface area (Å²) in [5.41, 5.74) is -1.62. The summed E-state index contributed by atoms with van der Waals surface area (Å²) in [7, 11) is 0. The number of hydrogen-bond acceptors (Lipinski definition) is 3. The lowest BCUT2D eigenvalue weighted by Crippen LogP contribution is -2.52. The van der Waals surface area contributed by atoms with Crippen molar-refractivity contribution in [1.82, 2.24) is 0 Å². The van der Waals surface area contributed by atoms with Crippen molar-refractivity contribution in [1.29, 1.82) is 0 Å². The van der Waals surface area contributed by atoms with Crippen molar-refractivity contribution in [2.45, 2.75) is 51.5 Å². The fourth-order valence-electron chi connectivity index (χ4n) is 3.45. The van der Waals surface area contributed by atoms with Crippen LogP contribution in [0, 0.1) is 11.3 Å². The van der Waals surface area contributed by atoms with E-state index in [1.165, 1.54) is 6.08 Å². The molecule has 4 nitrogen and oxygen atoms in total. The third-order valence-electron chi connectivity index (χ3n) is 5.02. The van der Waals surface area contributed by atoms with Gasteiger partial charge in [-0.1, -0.05) is 62.6 Å². The largest absolute Gasteiger partial charge is 0.489 e. The highest BCUT2D eigenvalue weighted by molar-refractivity contribution is 5.79. The summed E-state index contributed by atoms with van der Waals surface area (Å²) >= 11 is 0. The molecule has 154 valence electrons. The summed E-state index contributed by atoms with van der Waals surface area (Å²) in [5.74, 6) is -3.75. The van der Waals surface area contributed by atoms with Crippen LogP contribution < -0.4 is 0 Å². The molecule has 2 N–H and O–H groups in total. The molecule has 0 aliphatic heterocycles. The standard InChI is InChI=1S/C21H25F3O4/c1-2-3-5-10-17(21(22,23)24)20(19(26)27)12-11-16(13-18(20)25)28-14-15-8-6-4-7-9-15/h4,6-9,11-13,17-18,25H,2-3,5,10,14H2,1H3,(H,26,27). The fourth-order valence-corrected chi connectivity index (χ4v) is 3.45. The molecule has 28 heavy (non-hydrogen) atoms. The van der Waals surface area contributed by atoms with Gasteiger partial charge in [0.1, 0.15) is 17.8 Å². The molecule has 1 aromatic rings. The molecule has 0 spiro atoms. The van der Waals surface area contributed by atoms with E-state index in [0.717, 1.165) is 17.7 Å². The van der Waals surface area contributed by atoms with Gasteiger partial charge in [-0.05, 0) is 24.1 Å². The van der Waals surface area contributed by atoms with Crippen LogP contribution in [0.5, 0.6) is 0 Å². The number of benzene rings is 1. The highest BCUT2D eigenvalue weighted by atomic mass is 19.4. The molecule has 1 aromatic carbocycles. The molecule has 3 atom stereocenters. The molecule has 0 amide bonds. The first-order valence-corrected chi connectivity index (χ1v) is 9.27. The Kier molecular flexibility index (Phi) is 7.29. The lowest BCUT2D eigenvalue weighted by Gasteiger charge is -2.40. The zero-order valence-corrected chi connectivity index (χ0v) is 15.7. The van der Waals surface area contributed by atoms with E-state index in [4.69, 9.17) is 4.74 Å². The third-order valence-corrected chi connectivity index (χ3v) is 5.02. The number of unbranched alkanes of at least 4 members (excludes halogenated alkanes) is 2. The number of aliphatic carboxylic acids is 1. The van der Waals surface area contributed by atoms with Crippen LogP contribution in [-0.2, 0) is 16.1 Å². The number of rotatable bonds is 9. The summed E-state index contributed by atoms with van der Waals surface area (Å²) in [4.78, 5) is 11.9. The number of allylic oxidation sites excluding steroid dienone is 1. The van der Waals surface area contributed by atoms with Crippen LogP contribution in [0.2, 0.25) is 0 Å². The smallest absolute Gasteiger partial charge is 0.393 e. The van der Waals surface area contributed by atoms with Crippen molar-refractivity contribution in [2.75, 3.05) is 0 Å². The maximum absolute atomic E-state index is 13.7. The molecule has 0 aromatic heterocycles. The number of carboxylic acid groups (broad SMARTS) is 1. The van der Waals surface area contributed by atoms with E-state index in [1.54, 1.807) is 0 Å². The number of ether oxygens (including phenoxy) is 1. The van der Waals surface area contributed by atoms with Gasteiger partial charge in [0.25, 0.3) is 0 Å². The number of alkyl halides is 3. The summed E-state index contributed by atoms with van der Waals surface area (Å²) in [6.07, 6.45) is -2.27. The van der Waals surface area contributed by atoms with Crippen molar-refractivity contribution in [2.24, 2.45) is 11.3 Å². The zero-order chi connectivity index (χ0) is 20.8. The molecule has 0 heterocycles. The number of aliphatic hydroxyl groups is 1. The van der Waals surface area contributed by atoms with Crippen molar-refractivity contribution >= 4 is 5.97 Å². The molecule has 2 rings (SSSR count). The van der Waals surface area contributed by atoms with Gasteiger partial charge in [0, 0.05) is 0 Å². The van der Waals surface area contributed by atoms with Gasteiger partial charge in [0.2, 0.25) is 0 Å². The Morgan fingerprint density at radius 2 is 1.93 bits per heavy atom. The van der Waals surface area contributed by atoms with E-state index in [0.29, 0.717) is 12.8 Å². The van der Waals surface area contributed by atoms with Gasteiger partial charge >= 0.3 is 12.1 Å². The Balaban J connectivity index is 2.23. The average Bonchev–Trinajstić information content (AvgIpc) is 2.64. The van der Waals surface area contributed by atoms with Crippen LogP contribution >= 0.6 is 0 Å². The topological polar surface area (TPSA) is 66.8 Å². The molecular weight excluding hydrogens is 373 g/mol. The summed E-state index contributed by atoms with van der Waals surface area (Å²) in [5, 5.41) is 20.1. The van der Waals surface area contributed by atoms with E-state index < -0.39 is 29.6 Å². The van der Waals surface area contributed by atoms with E-state index in [9.17, 15) is 28.2 Å². The van der Waals surface area contributed by atoms with Gasteiger partial charge in [-0.25, -0.2) is 0 Å². The van der Waals surface area contributed by atoms with E-state index >= 15 is 0 Å². The average molecular weight is 398 g/mol. The van der Waals surface area contributed by atoms with Gasteiger partial charge in [0.15, 0.2) is 0 Å². The van der Waals surface area contributed by atoms with Crippen molar-refractivity contribution in [3.8, 4) is 0 Å². The van der Waals surface area contributed by atoms with Crippen molar-refractivity contribution in [3.05, 3.63) is 59.9 Å². The molecule has 0 fully saturated rings. The minimum Gasteiger partial charge on any atom is -0.489 e. The normalized spacial score (nSPS) is 23.2. The predicted molar refractivity (Wildman–Crippen MR) is 98.2 cm³/mol. The first-order chi connectivity index (χ1) is 13.2. The Labute approximate surface area is 162 Å². The number of carboxylic acids is 1. The molecule has 7 heteroatoms. The number of aliphatic hydroxyl groups excluding tert-OH is 1. The van der Waals surface area contributed by atoms with Crippen LogP contribution in [0.3, 0.4) is 0 Å². The lowest BCUT2D eigenvalue weighted by atomic mass is 9.66. The zero-order valence-electron chi connectivity index (χ0n) is 15.7. The van der Waals surface area contributed by atoms with Gasteiger partial charge in [-0.2, -0.15) is 13.2 Å². The molecule has 0 bridgehead atoms. The minimum absolute atomic E-state index is 0.141.